The highest BCUT2D eigenvalue weighted by Gasteiger charge is 2.57. The van der Waals surface area contributed by atoms with E-state index in [1.807, 2.05) is 30.3 Å². The van der Waals surface area contributed by atoms with Crippen molar-refractivity contribution in [3.05, 3.63) is 82.9 Å². The van der Waals surface area contributed by atoms with Gasteiger partial charge in [0.25, 0.3) is 0 Å². The minimum atomic E-state index is -0.929. The van der Waals surface area contributed by atoms with Crippen molar-refractivity contribution in [2.45, 2.75) is 11.2 Å². The Morgan fingerprint density at radius 3 is 2.34 bits per heavy atom. The van der Waals surface area contributed by atoms with Crippen LogP contribution in [-0.4, -0.2) is 28.1 Å². The molecule has 2 heterocycles. The summed E-state index contributed by atoms with van der Waals surface area (Å²) >= 11 is 0.974. The number of benzene rings is 3. The van der Waals surface area contributed by atoms with E-state index in [9.17, 15) is 19.5 Å². The third kappa shape index (κ3) is 2.95. The molecule has 0 aliphatic carbocycles. The van der Waals surface area contributed by atoms with Crippen molar-refractivity contribution < 1.29 is 19.5 Å². The summed E-state index contributed by atoms with van der Waals surface area (Å²) in [7, 11) is 0. The van der Waals surface area contributed by atoms with Gasteiger partial charge in [0.05, 0.1) is 22.2 Å². The largest absolute Gasteiger partial charge is 0.508 e. The first-order valence-corrected chi connectivity index (χ1v) is 10.9. The van der Waals surface area contributed by atoms with Crippen LogP contribution in [0.25, 0.3) is 10.8 Å². The molecule has 0 spiro atoms. The van der Waals surface area contributed by atoms with Gasteiger partial charge in [0.15, 0.2) is 0 Å². The fourth-order valence-corrected chi connectivity index (χ4v) is 5.84. The minimum Gasteiger partial charge on any atom is -0.508 e. The summed E-state index contributed by atoms with van der Waals surface area (Å²) in [5.74, 6) is -3.61. The van der Waals surface area contributed by atoms with Crippen LogP contribution in [0.3, 0.4) is 0 Å². The molecule has 1 saturated heterocycles. The van der Waals surface area contributed by atoms with E-state index in [2.05, 4.69) is 0 Å². The summed E-state index contributed by atoms with van der Waals surface area (Å²) in [6, 6.07) is 19.4. The predicted octanol–water partition coefficient (Wildman–Crippen LogP) is 2.59. The zero-order valence-electron chi connectivity index (χ0n) is 16.8. The van der Waals surface area contributed by atoms with Gasteiger partial charge in [-0.3, -0.25) is 14.4 Å². The highest BCUT2D eigenvalue weighted by atomic mass is 32.2. The maximum atomic E-state index is 13.7. The summed E-state index contributed by atoms with van der Waals surface area (Å²) < 4.78 is 0. The number of aromatic hydroxyl groups is 1. The van der Waals surface area contributed by atoms with Gasteiger partial charge in [0.1, 0.15) is 11.0 Å². The fourth-order valence-electron chi connectivity index (χ4n) is 4.59. The SMILES string of the molecule is NC(=O)C1=C(N)S[C@@H]2C(=O)N(c3ccc4ccccc4c3)C(=O)[C@@H]2[C@@H]1c1ccccc1O. The van der Waals surface area contributed by atoms with Crippen molar-refractivity contribution in [1.29, 1.82) is 0 Å². The lowest BCUT2D eigenvalue weighted by Gasteiger charge is -2.32. The first-order chi connectivity index (χ1) is 15.4. The molecule has 5 N–H and O–H groups in total. The Labute approximate surface area is 187 Å². The van der Waals surface area contributed by atoms with E-state index in [-0.39, 0.29) is 16.4 Å². The molecule has 2 aliphatic rings. The van der Waals surface area contributed by atoms with Crippen LogP contribution in [0.2, 0.25) is 0 Å². The molecule has 8 heteroatoms. The Bertz CT molecular complexity index is 1340. The summed E-state index contributed by atoms with van der Waals surface area (Å²) in [4.78, 5) is 40.5. The second-order valence-corrected chi connectivity index (χ2v) is 8.97. The van der Waals surface area contributed by atoms with Crippen molar-refractivity contribution in [3.8, 4) is 5.75 Å². The number of amides is 3. The summed E-state index contributed by atoms with van der Waals surface area (Å²) in [6.45, 7) is 0. The van der Waals surface area contributed by atoms with Crippen LogP contribution in [0.4, 0.5) is 5.69 Å². The fraction of sp³-hybridized carbons (Fsp3) is 0.125. The standard InChI is InChI=1S/C24H19N3O4S/c25-21(29)19-17(15-7-3-4-8-16(15)28)18-20(32-22(19)26)24(31)27(23(18)30)14-10-9-12-5-1-2-6-13(12)11-14/h1-11,17-18,20,28H,26H2,(H2,25,29)/t17-,18+,20-/m0/s1. The van der Waals surface area contributed by atoms with Gasteiger partial charge in [0.2, 0.25) is 17.7 Å². The number of nitrogens with zero attached hydrogens (tertiary/aromatic N) is 1. The van der Waals surface area contributed by atoms with Gasteiger partial charge in [-0.15, -0.1) is 0 Å². The lowest BCUT2D eigenvalue weighted by Crippen LogP contribution is -2.38. The number of rotatable bonds is 3. The van der Waals surface area contributed by atoms with Crippen LogP contribution < -0.4 is 16.4 Å². The smallest absolute Gasteiger partial charge is 0.248 e. The van der Waals surface area contributed by atoms with Gasteiger partial charge in [0, 0.05) is 11.5 Å². The molecule has 3 aromatic carbocycles. The number of imide groups is 1. The normalized spacial score (nSPS) is 23.0. The highest BCUT2D eigenvalue weighted by Crippen LogP contribution is 2.52. The molecule has 2 aliphatic heterocycles. The van der Waals surface area contributed by atoms with Crippen LogP contribution in [0.15, 0.2) is 77.3 Å². The molecule has 0 saturated carbocycles. The van der Waals surface area contributed by atoms with Gasteiger partial charge < -0.3 is 16.6 Å². The van der Waals surface area contributed by atoms with Crippen molar-refractivity contribution in [3.63, 3.8) is 0 Å². The Morgan fingerprint density at radius 2 is 1.62 bits per heavy atom. The van der Waals surface area contributed by atoms with E-state index >= 15 is 0 Å². The summed E-state index contributed by atoms with van der Waals surface area (Å²) in [6.07, 6.45) is 0. The van der Waals surface area contributed by atoms with Crippen LogP contribution in [0.1, 0.15) is 11.5 Å². The summed E-state index contributed by atoms with van der Waals surface area (Å²) in [5.41, 5.74) is 12.6. The molecule has 7 nitrogen and oxygen atoms in total. The summed E-state index contributed by atoms with van der Waals surface area (Å²) in [5, 5.41) is 11.6. The number of anilines is 1. The molecule has 160 valence electrons. The average Bonchev–Trinajstić information content (AvgIpc) is 3.02. The van der Waals surface area contributed by atoms with Crippen molar-refractivity contribution in [2.24, 2.45) is 17.4 Å². The number of para-hydroxylation sites is 1. The van der Waals surface area contributed by atoms with E-state index in [0.717, 1.165) is 27.4 Å². The predicted molar refractivity (Wildman–Crippen MR) is 123 cm³/mol. The molecule has 1 fully saturated rings. The van der Waals surface area contributed by atoms with E-state index in [0.29, 0.717) is 11.3 Å². The number of primary amides is 1. The molecule has 0 aromatic heterocycles. The second kappa shape index (κ2) is 7.42. The van der Waals surface area contributed by atoms with Crippen LogP contribution in [0.5, 0.6) is 5.75 Å². The monoisotopic (exact) mass is 445 g/mol. The third-order valence-electron chi connectivity index (χ3n) is 6.01. The molecule has 3 aromatic rings. The van der Waals surface area contributed by atoms with Gasteiger partial charge in [-0.05, 0) is 29.0 Å². The van der Waals surface area contributed by atoms with Crippen molar-refractivity contribution in [2.75, 3.05) is 4.90 Å². The topological polar surface area (TPSA) is 127 Å². The number of thioether (sulfide) groups is 1. The number of phenolic OH excluding ortho intramolecular Hbond substituents is 1. The van der Waals surface area contributed by atoms with Gasteiger partial charge >= 0.3 is 0 Å². The molecule has 5 rings (SSSR count). The van der Waals surface area contributed by atoms with Crippen LogP contribution in [0, 0.1) is 5.92 Å². The number of carbonyl (C=O) groups is 3. The minimum absolute atomic E-state index is 0.0410. The van der Waals surface area contributed by atoms with E-state index in [4.69, 9.17) is 11.5 Å². The Hall–Kier alpha value is -3.78. The van der Waals surface area contributed by atoms with E-state index in [1.165, 1.54) is 6.07 Å². The van der Waals surface area contributed by atoms with Gasteiger partial charge in [-0.25, -0.2) is 4.90 Å². The second-order valence-electron chi connectivity index (χ2n) is 7.79. The lowest BCUT2D eigenvalue weighted by atomic mass is 9.78. The maximum Gasteiger partial charge on any atom is 0.248 e. The number of carbonyl (C=O) groups excluding carboxylic acids is 3. The number of hydrogen-bond acceptors (Lipinski definition) is 6. The third-order valence-corrected chi connectivity index (χ3v) is 7.24. The molecule has 0 radical (unpaired) electrons. The molecule has 32 heavy (non-hydrogen) atoms. The zero-order chi connectivity index (χ0) is 22.6. The Kier molecular flexibility index (Phi) is 4.67. The van der Waals surface area contributed by atoms with Gasteiger partial charge in [-0.1, -0.05) is 60.3 Å². The Morgan fingerprint density at radius 1 is 0.938 bits per heavy atom. The van der Waals surface area contributed by atoms with Gasteiger partial charge in [-0.2, -0.15) is 0 Å². The molecule has 3 atom stereocenters. The first-order valence-electron chi connectivity index (χ1n) is 9.99. The first kappa shape index (κ1) is 20.1. The van der Waals surface area contributed by atoms with E-state index in [1.54, 1.807) is 30.3 Å². The molecular weight excluding hydrogens is 426 g/mol. The highest BCUT2D eigenvalue weighted by molar-refractivity contribution is 8.04. The number of hydrogen-bond donors (Lipinski definition) is 3. The average molecular weight is 446 g/mol. The number of nitrogens with two attached hydrogens (primary N) is 2. The van der Waals surface area contributed by atoms with E-state index < -0.39 is 34.8 Å². The van der Waals surface area contributed by atoms with Crippen LogP contribution in [-0.2, 0) is 14.4 Å². The van der Waals surface area contributed by atoms with Crippen molar-refractivity contribution in [1.82, 2.24) is 0 Å². The maximum absolute atomic E-state index is 13.7. The molecule has 0 unspecified atom stereocenters. The number of phenols is 1. The molecule has 3 amide bonds. The quantitative estimate of drug-likeness (QED) is 0.532. The molecular formula is C24H19N3O4S. The Balaban J connectivity index is 1.65. The zero-order valence-corrected chi connectivity index (χ0v) is 17.6. The van der Waals surface area contributed by atoms with Crippen molar-refractivity contribution >= 4 is 45.9 Å². The lowest BCUT2D eigenvalue weighted by molar-refractivity contribution is -0.122. The number of fused-ring (bicyclic) bond motifs is 2. The van der Waals surface area contributed by atoms with Crippen LogP contribution >= 0.6 is 11.8 Å². The molecule has 0 bridgehead atoms.